The van der Waals surface area contributed by atoms with Gasteiger partial charge in [0.15, 0.2) is 0 Å². The first-order chi connectivity index (χ1) is 7.81. The molecule has 3 heteroatoms. The summed E-state index contributed by atoms with van der Waals surface area (Å²) in [5, 5.41) is 0. The second-order valence-electron chi connectivity index (χ2n) is 4.57. The molecule has 1 aromatic rings. The normalized spacial score (nSPS) is 22.2. The van der Waals surface area contributed by atoms with E-state index >= 15 is 0 Å². The van der Waals surface area contributed by atoms with Gasteiger partial charge in [-0.05, 0) is 37.9 Å². The topological polar surface area (TPSA) is 42.2 Å². The lowest BCUT2D eigenvalue weighted by atomic mass is 10.00. The molecule has 1 saturated heterocycles. The predicted molar refractivity (Wildman–Crippen MR) is 67.0 cm³/mol. The number of nitrogens with zero attached hydrogens (tertiary/aromatic N) is 2. The molecular weight excluding hydrogens is 198 g/mol. The maximum absolute atomic E-state index is 5.94. The molecule has 0 aliphatic carbocycles. The smallest absolute Gasteiger partial charge is 0.0772 e. The van der Waals surface area contributed by atoms with Gasteiger partial charge in [0.05, 0.1) is 11.4 Å². The fraction of sp³-hybridized carbons (Fsp3) is 0.615. The Morgan fingerprint density at radius 3 is 3.12 bits per heavy atom. The first kappa shape index (κ1) is 11.4. The lowest BCUT2D eigenvalue weighted by Crippen LogP contribution is -2.38. The molecule has 1 unspecified atom stereocenters. The zero-order valence-corrected chi connectivity index (χ0v) is 10.0. The Morgan fingerprint density at radius 2 is 2.38 bits per heavy atom. The van der Waals surface area contributed by atoms with Crippen LogP contribution in [0.2, 0.25) is 0 Å². The van der Waals surface area contributed by atoms with Gasteiger partial charge in [0.1, 0.15) is 0 Å². The summed E-state index contributed by atoms with van der Waals surface area (Å²) >= 11 is 0. The van der Waals surface area contributed by atoms with Crippen LogP contribution in [0.1, 0.15) is 38.3 Å². The third-order valence-corrected chi connectivity index (χ3v) is 3.50. The van der Waals surface area contributed by atoms with Crippen LogP contribution in [0.3, 0.4) is 0 Å². The van der Waals surface area contributed by atoms with Crippen molar-refractivity contribution in [2.24, 2.45) is 0 Å². The standard InChI is InChI=1S/C13H21N3/c1-2-11-6-3-4-9-16(11)10-13-12(14)7-5-8-15-13/h5,7-8,11H,2-4,6,9-10,14H2,1H3. The molecule has 1 aliphatic heterocycles. The molecule has 0 radical (unpaired) electrons. The Kier molecular flexibility index (Phi) is 3.78. The third kappa shape index (κ3) is 2.53. The van der Waals surface area contributed by atoms with Gasteiger partial charge < -0.3 is 5.73 Å². The SMILES string of the molecule is CCC1CCCCN1Cc1ncccc1N. The molecule has 2 N–H and O–H groups in total. The highest BCUT2D eigenvalue weighted by atomic mass is 15.2. The molecule has 0 bridgehead atoms. The largest absolute Gasteiger partial charge is 0.397 e. The highest BCUT2D eigenvalue weighted by Gasteiger charge is 2.21. The fourth-order valence-corrected chi connectivity index (χ4v) is 2.51. The molecule has 1 atom stereocenters. The molecule has 1 aromatic heterocycles. The minimum Gasteiger partial charge on any atom is -0.397 e. The minimum absolute atomic E-state index is 0.718. The van der Waals surface area contributed by atoms with E-state index in [2.05, 4.69) is 16.8 Å². The first-order valence-electron chi connectivity index (χ1n) is 6.24. The molecule has 2 heterocycles. The van der Waals surface area contributed by atoms with E-state index in [0.29, 0.717) is 0 Å². The van der Waals surface area contributed by atoms with Crippen molar-refractivity contribution >= 4 is 5.69 Å². The minimum atomic E-state index is 0.718. The summed E-state index contributed by atoms with van der Waals surface area (Å²) in [5.41, 5.74) is 7.79. The van der Waals surface area contributed by atoms with E-state index in [1.165, 1.54) is 32.2 Å². The maximum atomic E-state index is 5.94. The van der Waals surface area contributed by atoms with Crippen molar-refractivity contribution in [1.29, 1.82) is 0 Å². The molecule has 0 aromatic carbocycles. The summed E-state index contributed by atoms with van der Waals surface area (Å²) in [6, 6.07) is 4.55. The van der Waals surface area contributed by atoms with Crippen LogP contribution < -0.4 is 5.73 Å². The molecule has 3 nitrogen and oxygen atoms in total. The van der Waals surface area contributed by atoms with Crippen molar-refractivity contribution < 1.29 is 0 Å². The van der Waals surface area contributed by atoms with Gasteiger partial charge >= 0.3 is 0 Å². The molecule has 1 aliphatic rings. The average molecular weight is 219 g/mol. The van der Waals surface area contributed by atoms with Crippen molar-refractivity contribution in [2.75, 3.05) is 12.3 Å². The van der Waals surface area contributed by atoms with Crippen LogP contribution in [-0.2, 0) is 6.54 Å². The average Bonchev–Trinajstić information content (AvgIpc) is 2.33. The van der Waals surface area contributed by atoms with Gasteiger partial charge in [0.25, 0.3) is 0 Å². The molecule has 2 rings (SSSR count). The molecule has 16 heavy (non-hydrogen) atoms. The lowest BCUT2D eigenvalue weighted by molar-refractivity contribution is 0.135. The quantitative estimate of drug-likeness (QED) is 0.849. The number of hydrogen-bond acceptors (Lipinski definition) is 3. The third-order valence-electron chi connectivity index (χ3n) is 3.50. The number of piperidine rings is 1. The lowest BCUT2D eigenvalue weighted by Gasteiger charge is -2.35. The molecule has 0 amide bonds. The van der Waals surface area contributed by atoms with Crippen LogP contribution in [0.5, 0.6) is 0 Å². The van der Waals surface area contributed by atoms with E-state index in [-0.39, 0.29) is 0 Å². The zero-order chi connectivity index (χ0) is 11.4. The van der Waals surface area contributed by atoms with Crippen molar-refractivity contribution in [1.82, 2.24) is 9.88 Å². The summed E-state index contributed by atoms with van der Waals surface area (Å²) in [7, 11) is 0. The fourth-order valence-electron chi connectivity index (χ4n) is 2.51. The van der Waals surface area contributed by atoms with Gasteiger partial charge in [-0.3, -0.25) is 9.88 Å². The van der Waals surface area contributed by atoms with Gasteiger partial charge in [-0.1, -0.05) is 13.3 Å². The Labute approximate surface area is 97.7 Å². The van der Waals surface area contributed by atoms with Crippen LogP contribution in [0.4, 0.5) is 5.69 Å². The highest BCUT2D eigenvalue weighted by molar-refractivity contribution is 5.41. The number of anilines is 1. The van der Waals surface area contributed by atoms with Crippen LogP contribution in [0.25, 0.3) is 0 Å². The molecule has 1 fully saturated rings. The highest BCUT2D eigenvalue weighted by Crippen LogP contribution is 2.22. The Bertz CT molecular complexity index is 338. The van der Waals surface area contributed by atoms with Crippen LogP contribution in [-0.4, -0.2) is 22.5 Å². The number of hydrogen-bond donors (Lipinski definition) is 1. The number of nitrogens with two attached hydrogens (primary N) is 1. The van der Waals surface area contributed by atoms with Gasteiger partial charge in [-0.25, -0.2) is 0 Å². The van der Waals surface area contributed by atoms with Gasteiger partial charge in [0.2, 0.25) is 0 Å². The van der Waals surface area contributed by atoms with E-state index in [1.54, 1.807) is 0 Å². The number of pyridine rings is 1. The summed E-state index contributed by atoms with van der Waals surface area (Å²) in [4.78, 5) is 6.90. The van der Waals surface area contributed by atoms with Crippen molar-refractivity contribution in [2.45, 2.75) is 45.2 Å². The van der Waals surface area contributed by atoms with E-state index in [1.807, 2.05) is 18.3 Å². The molecule has 0 saturated carbocycles. The first-order valence-corrected chi connectivity index (χ1v) is 6.24. The van der Waals surface area contributed by atoms with E-state index in [0.717, 1.165) is 24.0 Å². The molecule has 88 valence electrons. The summed E-state index contributed by atoms with van der Waals surface area (Å²) < 4.78 is 0. The number of aromatic nitrogens is 1. The van der Waals surface area contributed by atoms with Crippen molar-refractivity contribution in [3.8, 4) is 0 Å². The summed E-state index contributed by atoms with van der Waals surface area (Å²) in [6.45, 7) is 4.37. The zero-order valence-electron chi connectivity index (χ0n) is 10.0. The predicted octanol–water partition coefficient (Wildman–Crippen LogP) is 2.43. The van der Waals surface area contributed by atoms with Crippen LogP contribution in [0.15, 0.2) is 18.3 Å². The van der Waals surface area contributed by atoms with Gasteiger partial charge in [0, 0.05) is 18.8 Å². The van der Waals surface area contributed by atoms with Crippen LogP contribution >= 0.6 is 0 Å². The van der Waals surface area contributed by atoms with E-state index < -0.39 is 0 Å². The van der Waals surface area contributed by atoms with Gasteiger partial charge in [-0.15, -0.1) is 0 Å². The Morgan fingerprint density at radius 1 is 1.50 bits per heavy atom. The molecular formula is C13H21N3. The Balaban J connectivity index is 2.05. The summed E-state index contributed by atoms with van der Waals surface area (Å²) in [5.74, 6) is 0. The second kappa shape index (κ2) is 5.30. The number of nitrogen functional groups attached to an aromatic ring is 1. The van der Waals surface area contributed by atoms with Crippen molar-refractivity contribution in [3.05, 3.63) is 24.0 Å². The van der Waals surface area contributed by atoms with E-state index in [9.17, 15) is 0 Å². The number of rotatable bonds is 3. The van der Waals surface area contributed by atoms with Crippen LogP contribution in [0, 0.1) is 0 Å². The second-order valence-corrected chi connectivity index (χ2v) is 4.57. The molecule has 0 spiro atoms. The van der Waals surface area contributed by atoms with Crippen molar-refractivity contribution in [3.63, 3.8) is 0 Å². The van der Waals surface area contributed by atoms with E-state index in [4.69, 9.17) is 5.73 Å². The monoisotopic (exact) mass is 219 g/mol. The van der Waals surface area contributed by atoms with Gasteiger partial charge in [-0.2, -0.15) is 0 Å². The maximum Gasteiger partial charge on any atom is 0.0772 e. The number of likely N-dealkylation sites (tertiary alicyclic amines) is 1. The Hall–Kier alpha value is -1.09. The summed E-state index contributed by atoms with van der Waals surface area (Å²) in [6.07, 6.45) is 7.06.